The summed E-state index contributed by atoms with van der Waals surface area (Å²) >= 11 is 13.3. The summed E-state index contributed by atoms with van der Waals surface area (Å²) in [7, 11) is 0. The molecule has 25 heavy (non-hydrogen) atoms. The molecule has 0 bridgehead atoms. The lowest BCUT2D eigenvalue weighted by atomic mass is 10.0. The maximum Gasteiger partial charge on any atom is 0.267 e. The molecule has 0 radical (unpaired) electrons. The monoisotopic (exact) mass is 392 g/mol. The molecule has 4 nitrogen and oxygen atoms in total. The Morgan fingerprint density at radius 2 is 1.92 bits per heavy atom. The highest BCUT2D eigenvalue weighted by molar-refractivity contribution is 7.13. The van der Waals surface area contributed by atoms with Crippen LogP contribution in [0.15, 0.2) is 58.7 Å². The molecule has 0 aliphatic rings. The van der Waals surface area contributed by atoms with Crippen LogP contribution in [-0.2, 0) is 0 Å². The van der Waals surface area contributed by atoms with Crippen molar-refractivity contribution in [1.29, 1.82) is 0 Å². The van der Waals surface area contributed by atoms with Gasteiger partial charge in [0.2, 0.25) is 0 Å². The summed E-state index contributed by atoms with van der Waals surface area (Å²) in [6.45, 7) is 0. The summed E-state index contributed by atoms with van der Waals surface area (Å²) < 4.78 is 1.23. The Balaban J connectivity index is 2.03. The minimum Gasteiger partial charge on any atom is -0.292 e. The summed E-state index contributed by atoms with van der Waals surface area (Å²) in [5.74, 6) is 0.0247. The lowest BCUT2D eigenvalue weighted by Gasteiger charge is -2.17. The molecule has 7 heteroatoms. The van der Waals surface area contributed by atoms with Crippen molar-refractivity contribution in [1.82, 2.24) is 9.78 Å². The lowest BCUT2D eigenvalue weighted by Crippen LogP contribution is -2.32. The SMILES string of the molecule is O=C(c1ccc(Cl)cc1)[C@H](CCCl)n1nc(-c2cccs2)ccc1=O. The minimum atomic E-state index is -0.758. The van der Waals surface area contributed by atoms with Crippen molar-refractivity contribution in [3.05, 3.63) is 74.9 Å². The number of halogens is 2. The smallest absolute Gasteiger partial charge is 0.267 e. The van der Waals surface area contributed by atoms with Crippen LogP contribution in [0.1, 0.15) is 22.8 Å². The van der Waals surface area contributed by atoms with Crippen molar-refractivity contribution in [3.8, 4) is 10.6 Å². The molecule has 128 valence electrons. The fourth-order valence-corrected chi connectivity index (χ4v) is 3.50. The third-order valence-electron chi connectivity index (χ3n) is 3.71. The number of ketones is 1. The maximum atomic E-state index is 12.9. The molecule has 0 N–H and O–H groups in total. The summed E-state index contributed by atoms with van der Waals surface area (Å²) in [5, 5.41) is 6.88. The molecular weight excluding hydrogens is 379 g/mol. The Morgan fingerprint density at radius 1 is 1.16 bits per heavy atom. The standard InChI is InChI=1S/C18H14Cl2N2O2S/c19-10-9-15(18(24)12-3-5-13(20)6-4-12)22-17(23)8-7-14(21-22)16-2-1-11-25-16/h1-8,11,15H,9-10H2/t15-/m0/s1. The maximum absolute atomic E-state index is 12.9. The second-order valence-corrected chi connectivity index (χ2v) is 7.11. The van der Waals surface area contributed by atoms with Gasteiger partial charge in [-0.3, -0.25) is 9.59 Å². The molecule has 0 fully saturated rings. The second kappa shape index (κ2) is 7.95. The van der Waals surface area contributed by atoms with Gasteiger partial charge in [-0.1, -0.05) is 17.7 Å². The van der Waals surface area contributed by atoms with E-state index < -0.39 is 6.04 Å². The highest BCUT2D eigenvalue weighted by Gasteiger charge is 2.24. The van der Waals surface area contributed by atoms with E-state index in [0.29, 0.717) is 22.7 Å². The first-order valence-corrected chi connectivity index (χ1v) is 9.39. The molecule has 0 saturated heterocycles. The van der Waals surface area contributed by atoms with Crippen LogP contribution in [0.5, 0.6) is 0 Å². The van der Waals surface area contributed by atoms with Crippen LogP contribution in [0.25, 0.3) is 10.6 Å². The average molecular weight is 393 g/mol. The molecule has 2 heterocycles. The number of benzene rings is 1. The number of carbonyl (C=O) groups excluding carboxylic acids is 1. The summed E-state index contributed by atoms with van der Waals surface area (Å²) in [6, 6.07) is 12.7. The van der Waals surface area contributed by atoms with Gasteiger partial charge in [0.15, 0.2) is 5.78 Å². The van der Waals surface area contributed by atoms with Crippen LogP contribution in [0.2, 0.25) is 5.02 Å². The summed E-state index contributed by atoms with van der Waals surface area (Å²) in [6.07, 6.45) is 0.309. The normalized spacial score (nSPS) is 12.1. The van der Waals surface area contributed by atoms with Crippen molar-refractivity contribution in [3.63, 3.8) is 0 Å². The van der Waals surface area contributed by atoms with E-state index in [-0.39, 0.29) is 17.2 Å². The molecule has 3 rings (SSSR count). The first kappa shape index (κ1) is 17.9. The molecule has 0 unspecified atom stereocenters. The molecule has 0 amide bonds. The number of aromatic nitrogens is 2. The molecule has 0 saturated carbocycles. The highest BCUT2D eigenvalue weighted by Crippen LogP contribution is 2.23. The number of hydrogen-bond donors (Lipinski definition) is 0. The topological polar surface area (TPSA) is 52.0 Å². The van der Waals surface area contributed by atoms with Gasteiger partial charge in [-0.15, -0.1) is 22.9 Å². The van der Waals surface area contributed by atoms with Gasteiger partial charge in [0.25, 0.3) is 5.56 Å². The zero-order chi connectivity index (χ0) is 17.8. The Hall–Kier alpha value is -1.95. The number of Topliss-reactive ketones (excluding diaryl/α,β-unsaturated/α-hetero) is 1. The number of nitrogens with zero attached hydrogens (tertiary/aromatic N) is 2. The Morgan fingerprint density at radius 3 is 2.56 bits per heavy atom. The van der Waals surface area contributed by atoms with Gasteiger partial charge < -0.3 is 0 Å². The van der Waals surface area contributed by atoms with E-state index in [1.54, 1.807) is 30.3 Å². The summed E-state index contributed by atoms with van der Waals surface area (Å²) in [4.78, 5) is 26.2. The molecule has 0 spiro atoms. The Kier molecular flexibility index (Phi) is 5.68. The number of alkyl halides is 1. The number of hydrogen-bond acceptors (Lipinski definition) is 4. The third-order valence-corrected chi connectivity index (χ3v) is 5.07. The lowest BCUT2D eigenvalue weighted by molar-refractivity contribution is 0.0911. The molecular formula is C18H14Cl2N2O2S. The largest absolute Gasteiger partial charge is 0.292 e. The van der Waals surface area contributed by atoms with E-state index in [9.17, 15) is 9.59 Å². The van der Waals surface area contributed by atoms with E-state index in [4.69, 9.17) is 23.2 Å². The average Bonchev–Trinajstić information content (AvgIpc) is 3.15. The van der Waals surface area contributed by atoms with E-state index >= 15 is 0 Å². The molecule has 1 aromatic carbocycles. The zero-order valence-corrected chi connectivity index (χ0v) is 15.4. The Bertz CT molecular complexity index is 921. The van der Waals surface area contributed by atoms with Crippen molar-refractivity contribution in [2.75, 3.05) is 5.88 Å². The fourth-order valence-electron chi connectivity index (χ4n) is 2.48. The van der Waals surface area contributed by atoms with Crippen LogP contribution in [0, 0.1) is 0 Å². The summed E-state index contributed by atoms with van der Waals surface area (Å²) in [5.41, 5.74) is 0.783. The van der Waals surface area contributed by atoms with Gasteiger partial charge in [-0.2, -0.15) is 5.10 Å². The van der Waals surface area contributed by atoms with Crippen molar-refractivity contribution >= 4 is 40.3 Å². The van der Waals surface area contributed by atoms with Crippen molar-refractivity contribution < 1.29 is 4.79 Å². The zero-order valence-electron chi connectivity index (χ0n) is 13.1. The van der Waals surface area contributed by atoms with Crippen molar-refractivity contribution in [2.45, 2.75) is 12.5 Å². The molecule has 2 aromatic heterocycles. The molecule has 0 aliphatic carbocycles. The van der Waals surface area contributed by atoms with Crippen LogP contribution >= 0.6 is 34.5 Å². The van der Waals surface area contributed by atoms with E-state index in [1.165, 1.54) is 22.1 Å². The van der Waals surface area contributed by atoms with Gasteiger partial charge in [0.1, 0.15) is 11.7 Å². The van der Waals surface area contributed by atoms with Gasteiger partial charge in [0.05, 0.1) is 4.88 Å². The van der Waals surface area contributed by atoms with E-state index in [2.05, 4.69) is 5.10 Å². The number of carbonyl (C=O) groups is 1. The van der Waals surface area contributed by atoms with E-state index in [1.807, 2.05) is 17.5 Å². The van der Waals surface area contributed by atoms with Gasteiger partial charge in [-0.25, -0.2) is 4.68 Å². The van der Waals surface area contributed by atoms with E-state index in [0.717, 1.165) is 4.88 Å². The second-order valence-electron chi connectivity index (χ2n) is 5.34. The predicted molar refractivity (Wildman–Crippen MR) is 102 cm³/mol. The van der Waals surface area contributed by atoms with Gasteiger partial charge in [-0.05, 0) is 48.2 Å². The first-order chi connectivity index (χ1) is 12.1. The highest BCUT2D eigenvalue weighted by atomic mass is 35.5. The number of rotatable bonds is 6. The van der Waals surface area contributed by atoms with Crippen LogP contribution in [0.3, 0.4) is 0 Å². The van der Waals surface area contributed by atoms with Crippen LogP contribution in [-0.4, -0.2) is 21.4 Å². The third kappa shape index (κ3) is 4.00. The van der Waals surface area contributed by atoms with Crippen LogP contribution < -0.4 is 5.56 Å². The van der Waals surface area contributed by atoms with Crippen LogP contribution in [0.4, 0.5) is 0 Å². The Labute approximate surface area is 158 Å². The fraction of sp³-hybridized carbons (Fsp3) is 0.167. The molecule has 3 aromatic rings. The van der Waals surface area contributed by atoms with Gasteiger partial charge >= 0.3 is 0 Å². The minimum absolute atomic E-state index is 0.213. The molecule has 1 atom stereocenters. The molecule has 0 aliphatic heterocycles. The van der Waals surface area contributed by atoms with Crippen molar-refractivity contribution in [2.24, 2.45) is 0 Å². The number of thiophene rings is 1. The quantitative estimate of drug-likeness (QED) is 0.452. The van der Waals surface area contributed by atoms with Gasteiger partial charge in [0, 0.05) is 22.5 Å². The predicted octanol–water partition coefficient (Wildman–Crippen LogP) is 4.68. The first-order valence-electron chi connectivity index (χ1n) is 7.59.